The molecule has 30 heavy (non-hydrogen) atoms. The number of carboxylic acid groups (broad SMARTS) is 1. The zero-order chi connectivity index (χ0) is 22.5. The number of nitrogens with zero attached hydrogens (tertiary/aromatic N) is 1. The highest BCUT2D eigenvalue weighted by Gasteiger charge is 2.25. The minimum absolute atomic E-state index is 0.172. The number of nitro groups is 1. The van der Waals surface area contributed by atoms with Crippen LogP contribution in [0.2, 0.25) is 0 Å². The quantitative estimate of drug-likeness (QED) is 0.485. The Labute approximate surface area is 170 Å². The van der Waals surface area contributed by atoms with E-state index in [1.165, 1.54) is 12.1 Å². The van der Waals surface area contributed by atoms with Crippen LogP contribution in [0.5, 0.6) is 5.75 Å². The molecule has 2 rings (SSSR count). The molecule has 1 unspecified atom stereocenters. The van der Waals surface area contributed by atoms with Gasteiger partial charge in [-0.15, -0.1) is 0 Å². The molecule has 2 aromatic rings. The van der Waals surface area contributed by atoms with Crippen molar-refractivity contribution in [2.45, 2.75) is 45.4 Å². The maximum Gasteiger partial charge on any atom is 0.408 e. The van der Waals surface area contributed by atoms with E-state index in [0.717, 1.165) is 18.2 Å². The minimum atomic E-state index is -1.30. The number of furan rings is 1. The minimum Gasteiger partial charge on any atom is -0.480 e. The van der Waals surface area contributed by atoms with Crippen molar-refractivity contribution in [1.82, 2.24) is 5.32 Å². The van der Waals surface area contributed by atoms with Crippen molar-refractivity contribution < 1.29 is 37.9 Å². The highest BCUT2D eigenvalue weighted by atomic mass is 19.1. The van der Waals surface area contributed by atoms with Crippen LogP contribution in [-0.4, -0.2) is 33.7 Å². The summed E-state index contributed by atoms with van der Waals surface area (Å²) in [7, 11) is 0. The first-order chi connectivity index (χ1) is 13.9. The number of nitro benzene ring substituents is 1. The number of amides is 1. The van der Waals surface area contributed by atoms with Gasteiger partial charge in [-0.1, -0.05) is 0 Å². The van der Waals surface area contributed by atoms with Crippen molar-refractivity contribution in [2.24, 2.45) is 0 Å². The molecule has 0 aliphatic carbocycles. The molecule has 1 atom stereocenters. The fourth-order valence-electron chi connectivity index (χ4n) is 2.36. The van der Waals surface area contributed by atoms with Crippen LogP contribution in [0.1, 0.15) is 32.3 Å². The molecule has 10 nitrogen and oxygen atoms in total. The number of carbonyl (C=O) groups excluding carboxylic acids is 1. The van der Waals surface area contributed by atoms with Gasteiger partial charge in [0.05, 0.1) is 4.92 Å². The van der Waals surface area contributed by atoms with Crippen LogP contribution < -0.4 is 10.1 Å². The van der Waals surface area contributed by atoms with Gasteiger partial charge in [0.15, 0.2) is 5.75 Å². The molecule has 0 saturated carbocycles. The van der Waals surface area contributed by atoms with E-state index in [-0.39, 0.29) is 30.3 Å². The lowest BCUT2D eigenvalue weighted by Gasteiger charge is -2.21. The van der Waals surface area contributed by atoms with Gasteiger partial charge in [-0.25, -0.2) is 14.0 Å². The van der Waals surface area contributed by atoms with Gasteiger partial charge in [0, 0.05) is 18.6 Å². The number of benzene rings is 1. The monoisotopic (exact) mass is 424 g/mol. The molecule has 11 heteroatoms. The number of alkyl carbamates (subject to hydrolysis) is 1. The van der Waals surface area contributed by atoms with Crippen LogP contribution in [0, 0.1) is 15.9 Å². The van der Waals surface area contributed by atoms with Crippen molar-refractivity contribution in [3.05, 3.63) is 57.8 Å². The number of ether oxygens (including phenoxy) is 2. The molecule has 1 amide bonds. The predicted molar refractivity (Wildman–Crippen MR) is 101 cm³/mol. The van der Waals surface area contributed by atoms with Crippen molar-refractivity contribution in [3.8, 4) is 5.75 Å². The second-order valence-corrected chi connectivity index (χ2v) is 7.27. The molecule has 0 radical (unpaired) electrons. The highest BCUT2D eigenvalue weighted by molar-refractivity contribution is 5.80. The second kappa shape index (κ2) is 9.25. The Morgan fingerprint density at radius 1 is 1.27 bits per heavy atom. The van der Waals surface area contributed by atoms with Gasteiger partial charge in [0.1, 0.15) is 35.6 Å². The average molecular weight is 424 g/mol. The lowest BCUT2D eigenvalue weighted by Crippen LogP contribution is -2.44. The predicted octanol–water partition coefficient (Wildman–Crippen LogP) is 3.43. The number of rotatable bonds is 8. The van der Waals surface area contributed by atoms with Gasteiger partial charge in [-0.05, 0) is 39.0 Å². The molecular weight excluding hydrogens is 403 g/mol. The lowest BCUT2D eigenvalue weighted by molar-refractivity contribution is -0.386. The standard InChI is InChI=1S/C19H21FN2O8/c1-19(2,3)30-18(25)21-14(17(23)24)9-12-5-6-13(29-12)10-28-16-8-11(20)4-7-15(16)22(26)27/h4-8,14H,9-10H2,1-3H3,(H,21,25)(H,23,24). The Morgan fingerprint density at radius 2 is 1.93 bits per heavy atom. The Kier molecular flexibility index (Phi) is 6.98. The van der Waals surface area contributed by atoms with E-state index in [2.05, 4.69) is 5.32 Å². The number of halogens is 1. The maximum atomic E-state index is 13.3. The first-order valence-electron chi connectivity index (χ1n) is 8.81. The van der Waals surface area contributed by atoms with Crippen LogP contribution in [0.15, 0.2) is 34.7 Å². The summed E-state index contributed by atoms with van der Waals surface area (Å²) in [5.41, 5.74) is -1.20. The Balaban J connectivity index is 2.02. The summed E-state index contributed by atoms with van der Waals surface area (Å²) in [6, 6.07) is 4.47. The van der Waals surface area contributed by atoms with Crippen molar-refractivity contribution >= 4 is 17.7 Å². The number of aliphatic carboxylic acids is 1. The van der Waals surface area contributed by atoms with E-state index in [1.807, 2.05) is 0 Å². The van der Waals surface area contributed by atoms with Crippen LogP contribution in [0.3, 0.4) is 0 Å². The largest absolute Gasteiger partial charge is 0.480 e. The number of nitrogens with one attached hydrogen (secondary N) is 1. The molecule has 0 spiro atoms. The average Bonchev–Trinajstić information content (AvgIpc) is 3.05. The van der Waals surface area contributed by atoms with Gasteiger partial charge in [-0.2, -0.15) is 0 Å². The van der Waals surface area contributed by atoms with Gasteiger partial charge in [0.25, 0.3) is 0 Å². The van der Waals surface area contributed by atoms with Gasteiger partial charge in [0.2, 0.25) is 0 Å². The number of carboxylic acids is 1. The third-order valence-corrected chi connectivity index (χ3v) is 3.60. The summed E-state index contributed by atoms with van der Waals surface area (Å²) in [5, 5.41) is 22.5. The third kappa shape index (κ3) is 6.76. The molecule has 1 heterocycles. The number of hydrogen-bond acceptors (Lipinski definition) is 7. The maximum absolute atomic E-state index is 13.3. The summed E-state index contributed by atoms with van der Waals surface area (Å²) in [4.78, 5) is 33.5. The zero-order valence-corrected chi connectivity index (χ0v) is 16.5. The molecular formula is C19H21FN2O8. The SMILES string of the molecule is CC(C)(C)OC(=O)NC(Cc1ccc(COc2cc(F)ccc2[N+](=O)[O-])o1)C(=O)O. The molecule has 162 valence electrons. The molecule has 1 aromatic carbocycles. The van der Waals surface area contributed by atoms with Crippen molar-refractivity contribution in [1.29, 1.82) is 0 Å². The Morgan fingerprint density at radius 3 is 2.53 bits per heavy atom. The van der Waals surface area contributed by atoms with E-state index in [9.17, 15) is 29.2 Å². The lowest BCUT2D eigenvalue weighted by atomic mass is 10.1. The normalized spacial score (nSPS) is 12.1. The summed E-state index contributed by atoms with van der Waals surface area (Å²) in [6.45, 7) is 4.68. The molecule has 0 aliphatic heterocycles. The zero-order valence-electron chi connectivity index (χ0n) is 16.5. The summed E-state index contributed by atoms with van der Waals surface area (Å²) in [6.07, 6.45) is -1.06. The van der Waals surface area contributed by atoms with Crippen LogP contribution in [0.25, 0.3) is 0 Å². The van der Waals surface area contributed by atoms with E-state index in [4.69, 9.17) is 13.9 Å². The summed E-state index contributed by atoms with van der Waals surface area (Å²) < 4.78 is 29.1. The molecule has 0 aliphatic rings. The molecule has 1 aromatic heterocycles. The van der Waals surface area contributed by atoms with E-state index >= 15 is 0 Å². The van der Waals surface area contributed by atoms with Crippen LogP contribution >= 0.6 is 0 Å². The van der Waals surface area contributed by atoms with E-state index < -0.39 is 40.1 Å². The first kappa shape index (κ1) is 22.7. The van der Waals surface area contributed by atoms with Gasteiger partial charge in [-0.3, -0.25) is 10.1 Å². The third-order valence-electron chi connectivity index (χ3n) is 3.60. The van der Waals surface area contributed by atoms with Crippen LogP contribution in [0.4, 0.5) is 14.9 Å². The number of hydrogen-bond donors (Lipinski definition) is 2. The molecule has 0 fully saturated rings. The second-order valence-electron chi connectivity index (χ2n) is 7.27. The summed E-state index contributed by atoms with van der Waals surface area (Å²) >= 11 is 0. The Hall–Kier alpha value is -3.63. The first-order valence-corrected chi connectivity index (χ1v) is 8.81. The fourth-order valence-corrected chi connectivity index (χ4v) is 2.36. The molecule has 0 saturated heterocycles. The van der Waals surface area contributed by atoms with Crippen molar-refractivity contribution in [2.75, 3.05) is 0 Å². The summed E-state index contributed by atoms with van der Waals surface area (Å²) in [5.74, 6) is -1.80. The fraction of sp³-hybridized carbons (Fsp3) is 0.368. The van der Waals surface area contributed by atoms with E-state index in [1.54, 1.807) is 20.8 Å². The Bertz CT molecular complexity index is 935. The van der Waals surface area contributed by atoms with Crippen molar-refractivity contribution in [3.63, 3.8) is 0 Å². The highest BCUT2D eigenvalue weighted by Crippen LogP contribution is 2.28. The molecule has 2 N–H and O–H groups in total. The van der Waals surface area contributed by atoms with E-state index in [0.29, 0.717) is 0 Å². The topological polar surface area (TPSA) is 141 Å². The smallest absolute Gasteiger partial charge is 0.408 e. The van der Waals surface area contributed by atoms with Crippen LogP contribution in [-0.2, 0) is 22.6 Å². The molecule has 0 bridgehead atoms. The van der Waals surface area contributed by atoms with Gasteiger partial charge < -0.3 is 24.3 Å². The van der Waals surface area contributed by atoms with Gasteiger partial charge >= 0.3 is 17.7 Å². The number of carbonyl (C=O) groups is 2.